The molecule has 0 saturated heterocycles. The first-order valence-electron chi connectivity index (χ1n) is 6.72. The third-order valence-electron chi connectivity index (χ3n) is 3.68. The third kappa shape index (κ3) is 2.49. The van der Waals surface area contributed by atoms with Crippen LogP contribution in [-0.2, 0) is 24.3 Å². The van der Waals surface area contributed by atoms with Gasteiger partial charge in [-0.1, -0.05) is 17.3 Å². The van der Waals surface area contributed by atoms with Gasteiger partial charge in [0.2, 0.25) is 5.91 Å². The Bertz CT molecular complexity index is 608. The Balaban J connectivity index is 1.63. The van der Waals surface area contributed by atoms with Gasteiger partial charge in [-0.2, -0.15) is 0 Å². The number of aryl methyl sites for hydroxylation is 1. The van der Waals surface area contributed by atoms with E-state index in [9.17, 15) is 4.79 Å². The average Bonchev–Trinajstić information content (AvgIpc) is 2.98. The lowest BCUT2D eigenvalue weighted by atomic mass is 9.98. The summed E-state index contributed by atoms with van der Waals surface area (Å²) in [4.78, 5) is 14.1. The highest BCUT2D eigenvalue weighted by molar-refractivity contribution is 5.76. The van der Waals surface area contributed by atoms with Crippen molar-refractivity contribution in [1.29, 1.82) is 0 Å². The van der Waals surface area contributed by atoms with Gasteiger partial charge in [-0.05, 0) is 23.6 Å². The zero-order chi connectivity index (χ0) is 13.9. The van der Waals surface area contributed by atoms with Gasteiger partial charge >= 0.3 is 0 Å². The van der Waals surface area contributed by atoms with Gasteiger partial charge in [0.15, 0.2) is 0 Å². The fourth-order valence-corrected chi connectivity index (χ4v) is 2.57. The number of hydrogen-bond acceptors (Lipinski definition) is 4. The number of carbonyl (C=O) groups excluding carboxylic acids is 1. The highest BCUT2D eigenvalue weighted by Crippen LogP contribution is 2.24. The second-order valence-electron chi connectivity index (χ2n) is 4.97. The van der Waals surface area contributed by atoms with Gasteiger partial charge in [-0.3, -0.25) is 9.48 Å². The van der Waals surface area contributed by atoms with Gasteiger partial charge < -0.3 is 10.6 Å². The summed E-state index contributed by atoms with van der Waals surface area (Å²) in [5.41, 5.74) is 9.14. The SMILES string of the molecule is Nc1cccc2c1CCN(C(=O)CCn1ccnn1)C2. The van der Waals surface area contributed by atoms with Gasteiger partial charge in [0.1, 0.15) is 0 Å². The van der Waals surface area contributed by atoms with Crippen LogP contribution >= 0.6 is 0 Å². The summed E-state index contributed by atoms with van der Waals surface area (Å²) >= 11 is 0. The van der Waals surface area contributed by atoms with Gasteiger partial charge in [0.25, 0.3) is 0 Å². The van der Waals surface area contributed by atoms with Gasteiger partial charge in [-0.25, -0.2) is 0 Å². The van der Waals surface area contributed by atoms with E-state index in [2.05, 4.69) is 10.3 Å². The summed E-state index contributed by atoms with van der Waals surface area (Å²) in [5, 5.41) is 7.59. The third-order valence-corrected chi connectivity index (χ3v) is 3.68. The highest BCUT2D eigenvalue weighted by atomic mass is 16.2. The normalized spacial score (nSPS) is 14.1. The summed E-state index contributed by atoms with van der Waals surface area (Å²) in [6, 6.07) is 5.90. The molecule has 1 aliphatic heterocycles. The van der Waals surface area contributed by atoms with Crippen LogP contribution < -0.4 is 5.73 Å². The largest absolute Gasteiger partial charge is 0.398 e. The number of nitrogens with zero attached hydrogens (tertiary/aromatic N) is 4. The van der Waals surface area contributed by atoms with Crippen molar-refractivity contribution in [3.05, 3.63) is 41.7 Å². The second kappa shape index (κ2) is 5.32. The van der Waals surface area contributed by atoms with E-state index in [4.69, 9.17) is 5.73 Å². The van der Waals surface area contributed by atoms with E-state index in [1.54, 1.807) is 17.1 Å². The number of aromatic nitrogens is 3. The van der Waals surface area contributed by atoms with E-state index < -0.39 is 0 Å². The Morgan fingerprint density at radius 1 is 1.40 bits per heavy atom. The number of rotatable bonds is 3. The van der Waals surface area contributed by atoms with Crippen LogP contribution in [0, 0.1) is 0 Å². The van der Waals surface area contributed by atoms with E-state index in [1.165, 1.54) is 5.56 Å². The number of nitrogens with two attached hydrogens (primary N) is 1. The van der Waals surface area contributed by atoms with Gasteiger partial charge in [-0.15, -0.1) is 5.10 Å². The molecular weight excluding hydrogens is 254 g/mol. The number of anilines is 1. The molecule has 0 spiro atoms. The van der Waals surface area contributed by atoms with Crippen molar-refractivity contribution in [2.75, 3.05) is 12.3 Å². The zero-order valence-corrected chi connectivity index (χ0v) is 11.2. The van der Waals surface area contributed by atoms with Crippen molar-refractivity contribution in [1.82, 2.24) is 19.9 Å². The standard InChI is InChI=1S/C14H17N5O/c15-13-3-1-2-11-10-18(7-4-12(11)13)14(20)5-8-19-9-6-16-17-19/h1-3,6,9H,4-5,7-8,10,15H2. The second-order valence-corrected chi connectivity index (χ2v) is 4.97. The Hall–Kier alpha value is -2.37. The molecule has 104 valence electrons. The van der Waals surface area contributed by atoms with Crippen molar-refractivity contribution in [2.24, 2.45) is 0 Å². The molecule has 0 aliphatic carbocycles. The van der Waals surface area contributed by atoms with E-state index >= 15 is 0 Å². The molecule has 2 aromatic rings. The van der Waals surface area contributed by atoms with E-state index in [0.717, 1.165) is 24.2 Å². The molecule has 2 heterocycles. The van der Waals surface area contributed by atoms with Crippen LogP contribution in [0.4, 0.5) is 5.69 Å². The maximum absolute atomic E-state index is 12.2. The summed E-state index contributed by atoms with van der Waals surface area (Å²) in [7, 11) is 0. The molecule has 20 heavy (non-hydrogen) atoms. The Labute approximate surface area is 117 Å². The predicted octanol–water partition coefficient (Wildman–Crippen LogP) is 0.835. The summed E-state index contributed by atoms with van der Waals surface area (Å²) in [5.74, 6) is 0.147. The maximum Gasteiger partial charge on any atom is 0.224 e. The number of amides is 1. The quantitative estimate of drug-likeness (QED) is 0.839. The molecule has 6 heteroatoms. The molecule has 1 aromatic carbocycles. The average molecular weight is 271 g/mol. The Morgan fingerprint density at radius 2 is 2.30 bits per heavy atom. The zero-order valence-electron chi connectivity index (χ0n) is 11.2. The smallest absolute Gasteiger partial charge is 0.224 e. The summed E-state index contributed by atoms with van der Waals surface area (Å²) in [6.45, 7) is 1.95. The molecule has 1 aliphatic rings. The van der Waals surface area contributed by atoms with Gasteiger partial charge in [0.05, 0.1) is 12.7 Å². The Kier molecular flexibility index (Phi) is 3.37. The number of nitrogen functional groups attached to an aromatic ring is 1. The van der Waals surface area contributed by atoms with E-state index in [-0.39, 0.29) is 5.91 Å². The van der Waals surface area contributed by atoms with Crippen LogP contribution in [0.25, 0.3) is 0 Å². The fourth-order valence-electron chi connectivity index (χ4n) is 2.57. The van der Waals surface area contributed by atoms with E-state index in [0.29, 0.717) is 19.5 Å². The number of carbonyl (C=O) groups is 1. The van der Waals surface area contributed by atoms with Crippen LogP contribution in [-0.4, -0.2) is 32.3 Å². The minimum atomic E-state index is 0.147. The number of fused-ring (bicyclic) bond motifs is 1. The molecule has 0 atom stereocenters. The molecule has 1 amide bonds. The molecule has 0 unspecified atom stereocenters. The first-order valence-corrected chi connectivity index (χ1v) is 6.72. The predicted molar refractivity (Wildman–Crippen MR) is 74.6 cm³/mol. The Morgan fingerprint density at radius 3 is 3.10 bits per heavy atom. The molecule has 2 N–H and O–H groups in total. The van der Waals surface area contributed by atoms with Crippen molar-refractivity contribution in [3.63, 3.8) is 0 Å². The summed E-state index contributed by atoms with van der Waals surface area (Å²) in [6.07, 6.45) is 4.65. The van der Waals surface area contributed by atoms with Crippen molar-refractivity contribution in [2.45, 2.75) is 25.9 Å². The molecule has 0 fully saturated rings. The molecule has 0 saturated carbocycles. The first kappa shape index (κ1) is 12.7. The minimum Gasteiger partial charge on any atom is -0.398 e. The molecule has 6 nitrogen and oxygen atoms in total. The van der Waals surface area contributed by atoms with Crippen LogP contribution in [0.3, 0.4) is 0 Å². The molecule has 0 radical (unpaired) electrons. The highest BCUT2D eigenvalue weighted by Gasteiger charge is 2.21. The van der Waals surface area contributed by atoms with Crippen molar-refractivity contribution >= 4 is 11.6 Å². The monoisotopic (exact) mass is 271 g/mol. The lowest BCUT2D eigenvalue weighted by Gasteiger charge is -2.29. The van der Waals surface area contributed by atoms with Crippen LogP contribution in [0.15, 0.2) is 30.6 Å². The lowest BCUT2D eigenvalue weighted by molar-refractivity contribution is -0.132. The number of hydrogen-bond donors (Lipinski definition) is 1. The molecule has 1 aromatic heterocycles. The fraction of sp³-hybridized carbons (Fsp3) is 0.357. The minimum absolute atomic E-state index is 0.147. The van der Waals surface area contributed by atoms with Gasteiger partial charge in [0, 0.05) is 31.4 Å². The molecule has 0 bridgehead atoms. The van der Waals surface area contributed by atoms with E-state index in [1.807, 2.05) is 23.1 Å². The molecule has 3 rings (SSSR count). The summed E-state index contributed by atoms with van der Waals surface area (Å²) < 4.78 is 1.67. The topological polar surface area (TPSA) is 77.0 Å². The van der Waals surface area contributed by atoms with Crippen LogP contribution in [0.1, 0.15) is 17.5 Å². The van der Waals surface area contributed by atoms with Crippen molar-refractivity contribution < 1.29 is 4.79 Å². The maximum atomic E-state index is 12.2. The van der Waals surface area contributed by atoms with Crippen LogP contribution in [0.2, 0.25) is 0 Å². The van der Waals surface area contributed by atoms with Crippen LogP contribution in [0.5, 0.6) is 0 Å². The molecular formula is C14H17N5O. The first-order chi connectivity index (χ1) is 9.74. The van der Waals surface area contributed by atoms with Crippen molar-refractivity contribution in [3.8, 4) is 0 Å². The lowest BCUT2D eigenvalue weighted by Crippen LogP contribution is -2.36. The number of benzene rings is 1.